The highest BCUT2D eigenvalue weighted by atomic mass is 16.5. The van der Waals surface area contributed by atoms with Crippen LogP contribution in [-0.2, 0) is 0 Å². The molecule has 0 N–H and O–H groups in total. The Morgan fingerprint density at radius 2 is 2.09 bits per heavy atom. The van der Waals surface area contributed by atoms with E-state index in [1.54, 1.807) is 19.4 Å². The second-order valence-corrected chi connectivity index (χ2v) is 5.50. The largest absolute Gasteiger partial charge is 0.493 e. The number of methoxy groups -OCH3 is 1. The topological polar surface area (TPSA) is 55.1 Å². The van der Waals surface area contributed by atoms with E-state index in [4.69, 9.17) is 9.47 Å². The minimum Gasteiger partial charge on any atom is -0.493 e. The molecule has 0 aliphatic rings. The molecular weight excluding hydrogens is 288 g/mol. The lowest BCUT2D eigenvalue weighted by Crippen LogP contribution is -2.05. The van der Waals surface area contributed by atoms with Gasteiger partial charge in [-0.05, 0) is 41.8 Å². The van der Waals surface area contributed by atoms with Gasteiger partial charge in [0.15, 0.2) is 11.5 Å². The van der Waals surface area contributed by atoms with Crippen LogP contribution in [0.15, 0.2) is 42.6 Å². The molecule has 23 heavy (non-hydrogen) atoms. The van der Waals surface area contributed by atoms with Crippen molar-refractivity contribution >= 4 is 11.6 Å². The van der Waals surface area contributed by atoms with Crippen molar-refractivity contribution in [2.45, 2.75) is 13.8 Å². The Hall–Kier alpha value is -2.80. The van der Waals surface area contributed by atoms with Crippen molar-refractivity contribution in [2.24, 2.45) is 5.92 Å². The molecule has 118 valence electrons. The predicted molar refractivity (Wildman–Crippen MR) is 91.0 cm³/mol. The van der Waals surface area contributed by atoms with Crippen molar-refractivity contribution in [3.8, 4) is 17.6 Å². The molecule has 0 saturated carbocycles. The number of hydrogen-bond donors (Lipinski definition) is 0. The molecular formula is C19H20N2O2. The number of allylic oxidation sites excluding steroid dienone is 1. The van der Waals surface area contributed by atoms with Gasteiger partial charge in [-0.2, -0.15) is 5.26 Å². The van der Waals surface area contributed by atoms with Gasteiger partial charge < -0.3 is 9.47 Å². The fraction of sp³-hybridized carbons (Fsp3) is 0.263. The maximum absolute atomic E-state index is 9.37. The molecule has 0 amide bonds. The monoisotopic (exact) mass is 308 g/mol. The van der Waals surface area contributed by atoms with Crippen LogP contribution in [0.4, 0.5) is 0 Å². The van der Waals surface area contributed by atoms with Gasteiger partial charge in [-0.3, -0.25) is 4.98 Å². The van der Waals surface area contributed by atoms with Crippen molar-refractivity contribution in [1.29, 1.82) is 5.26 Å². The Morgan fingerprint density at radius 1 is 1.26 bits per heavy atom. The number of hydrogen-bond acceptors (Lipinski definition) is 4. The lowest BCUT2D eigenvalue weighted by atomic mass is 10.1. The van der Waals surface area contributed by atoms with Gasteiger partial charge in [0.2, 0.25) is 0 Å². The van der Waals surface area contributed by atoms with E-state index in [-0.39, 0.29) is 0 Å². The summed E-state index contributed by atoms with van der Waals surface area (Å²) in [4.78, 5) is 4.22. The molecule has 0 fully saturated rings. The normalized spacial score (nSPS) is 11.2. The summed E-state index contributed by atoms with van der Waals surface area (Å²) in [5.41, 5.74) is 2.02. The van der Waals surface area contributed by atoms with Gasteiger partial charge in [0.05, 0.1) is 25.0 Å². The van der Waals surface area contributed by atoms with Gasteiger partial charge in [0.1, 0.15) is 6.07 Å². The summed E-state index contributed by atoms with van der Waals surface area (Å²) in [6.07, 6.45) is 3.47. The molecule has 2 aromatic rings. The molecule has 0 radical (unpaired) electrons. The second-order valence-electron chi connectivity index (χ2n) is 5.50. The van der Waals surface area contributed by atoms with Crippen LogP contribution in [0.3, 0.4) is 0 Å². The smallest absolute Gasteiger partial charge is 0.161 e. The third-order valence-corrected chi connectivity index (χ3v) is 3.13. The van der Waals surface area contributed by atoms with Crippen LogP contribution in [0.5, 0.6) is 11.5 Å². The highest BCUT2D eigenvalue weighted by Gasteiger charge is 2.08. The van der Waals surface area contributed by atoms with Crippen molar-refractivity contribution in [3.05, 3.63) is 53.9 Å². The van der Waals surface area contributed by atoms with Crippen molar-refractivity contribution < 1.29 is 9.47 Å². The zero-order valence-electron chi connectivity index (χ0n) is 13.6. The fourth-order valence-corrected chi connectivity index (χ4v) is 2.00. The van der Waals surface area contributed by atoms with Crippen LogP contribution in [-0.4, -0.2) is 18.7 Å². The van der Waals surface area contributed by atoms with Crippen LogP contribution in [0.1, 0.15) is 25.1 Å². The molecule has 0 aliphatic carbocycles. The lowest BCUT2D eigenvalue weighted by Gasteiger charge is -2.13. The Balaban J connectivity index is 2.34. The zero-order valence-corrected chi connectivity index (χ0v) is 13.6. The lowest BCUT2D eigenvalue weighted by molar-refractivity contribution is 0.257. The average Bonchev–Trinajstić information content (AvgIpc) is 2.58. The van der Waals surface area contributed by atoms with Gasteiger partial charge in [0, 0.05) is 6.20 Å². The van der Waals surface area contributed by atoms with E-state index in [0.29, 0.717) is 35.3 Å². The molecule has 0 unspecified atom stereocenters. The van der Waals surface area contributed by atoms with E-state index >= 15 is 0 Å². The number of aromatic nitrogens is 1. The van der Waals surface area contributed by atoms with Gasteiger partial charge in [-0.1, -0.05) is 26.0 Å². The molecule has 0 atom stereocenters. The summed E-state index contributed by atoms with van der Waals surface area (Å²) < 4.78 is 11.1. The summed E-state index contributed by atoms with van der Waals surface area (Å²) in [6.45, 7) is 4.78. The minimum absolute atomic E-state index is 0.419. The van der Waals surface area contributed by atoms with Crippen molar-refractivity contribution in [3.63, 3.8) is 0 Å². The van der Waals surface area contributed by atoms with Crippen molar-refractivity contribution in [1.82, 2.24) is 4.98 Å². The fourth-order valence-electron chi connectivity index (χ4n) is 2.00. The molecule has 0 bridgehead atoms. The predicted octanol–water partition coefficient (Wildman–Crippen LogP) is 4.19. The molecule has 1 heterocycles. The van der Waals surface area contributed by atoms with Gasteiger partial charge in [-0.15, -0.1) is 0 Å². The van der Waals surface area contributed by atoms with Crippen LogP contribution >= 0.6 is 0 Å². The van der Waals surface area contributed by atoms with E-state index in [1.807, 2.05) is 36.4 Å². The molecule has 4 heteroatoms. The minimum atomic E-state index is 0.419. The maximum Gasteiger partial charge on any atom is 0.161 e. The van der Waals surface area contributed by atoms with E-state index in [0.717, 1.165) is 5.56 Å². The Labute approximate surface area is 137 Å². The number of rotatable bonds is 6. The third-order valence-electron chi connectivity index (χ3n) is 3.13. The molecule has 0 aliphatic heterocycles. The van der Waals surface area contributed by atoms with Gasteiger partial charge in [0.25, 0.3) is 0 Å². The van der Waals surface area contributed by atoms with Gasteiger partial charge >= 0.3 is 0 Å². The number of ether oxygens (including phenoxy) is 2. The van der Waals surface area contributed by atoms with E-state index < -0.39 is 0 Å². The first-order valence-corrected chi connectivity index (χ1v) is 7.48. The van der Waals surface area contributed by atoms with Crippen LogP contribution < -0.4 is 9.47 Å². The first kappa shape index (κ1) is 16.6. The summed E-state index contributed by atoms with van der Waals surface area (Å²) in [5.74, 6) is 1.77. The molecule has 1 aromatic carbocycles. The first-order chi connectivity index (χ1) is 11.1. The summed E-state index contributed by atoms with van der Waals surface area (Å²) in [7, 11) is 1.61. The highest BCUT2D eigenvalue weighted by Crippen LogP contribution is 2.30. The second kappa shape index (κ2) is 8.00. The molecule has 1 aromatic heterocycles. The number of benzene rings is 1. The first-order valence-electron chi connectivity index (χ1n) is 7.48. The standard InChI is InChI=1S/C19H20N2O2/c1-14(2)13-23-19-11-15(7-8-18(19)22-3)10-16(12-20)17-6-4-5-9-21-17/h4-11,14H,13H2,1-3H3/b16-10+. The third kappa shape index (κ3) is 4.58. The molecule has 4 nitrogen and oxygen atoms in total. The van der Waals surface area contributed by atoms with E-state index in [2.05, 4.69) is 24.9 Å². The quantitative estimate of drug-likeness (QED) is 0.751. The summed E-state index contributed by atoms with van der Waals surface area (Å²) >= 11 is 0. The summed E-state index contributed by atoms with van der Waals surface area (Å²) in [6, 6.07) is 13.3. The maximum atomic E-state index is 9.37. The molecule has 0 spiro atoms. The summed E-state index contributed by atoms with van der Waals surface area (Å²) in [5, 5.41) is 9.37. The van der Waals surface area contributed by atoms with Gasteiger partial charge in [-0.25, -0.2) is 0 Å². The molecule has 0 saturated heterocycles. The van der Waals surface area contributed by atoms with Crippen LogP contribution in [0.2, 0.25) is 0 Å². The number of pyridine rings is 1. The Morgan fingerprint density at radius 3 is 2.70 bits per heavy atom. The highest BCUT2D eigenvalue weighted by molar-refractivity contribution is 5.88. The zero-order chi connectivity index (χ0) is 16.7. The van der Waals surface area contributed by atoms with E-state index in [1.165, 1.54) is 0 Å². The SMILES string of the molecule is COc1ccc(/C=C(\C#N)c2ccccn2)cc1OCC(C)C. The Kier molecular flexibility index (Phi) is 5.76. The van der Waals surface area contributed by atoms with Crippen LogP contribution in [0, 0.1) is 17.2 Å². The van der Waals surface area contributed by atoms with E-state index in [9.17, 15) is 5.26 Å². The Bertz CT molecular complexity index is 716. The average molecular weight is 308 g/mol. The number of nitriles is 1. The van der Waals surface area contributed by atoms with Crippen molar-refractivity contribution in [2.75, 3.05) is 13.7 Å². The number of nitrogens with zero attached hydrogens (tertiary/aromatic N) is 2. The molecule has 2 rings (SSSR count). The van der Waals surface area contributed by atoms with Crippen LogP contribution in [0.25, 0.3) is 11.6 Å².